The van der Waals surface area contributed by atoms with Gasteiger partial charge < -0.3 is 0 Å². The van der Waals surface area contributed by atoms with E-state index >= 15 is 0 Å². The van der Waals surface area contributed by atoms with Crippen LogP contribution in [0.4, 0.5) is 0 Å². The molecule has 8 aromatic carbocycles. The summed E-state index contributed by atoms with van der Waals surface area (Å²) in [6.45, 7) is 4.33. The summed E-state index contributed by atoms with van der Waals surface area (Å²) in [4.78, 5) is 14.7. The SMILES string of the molecule is Cc1cccc(C)c1-n1ccnc1-c1ccc(CCc2cc(CCc3ccc(-c4ccccc4)nc3)cc(-c3ccccc3-c3ccc(-c4cccc(-c5ccc(-c6ccccc6)cc5)c4)nc3)c2)cc1. The highest BCUT2D eigenvalue weighted by molar-refractivity contribution is 5.84. The van der Waals surface area contributed by atoms with Crippen molar-refractivity contribution < 1.29 is 0 Å². The fourth-order valence-corrected chi connectivity index (χ4v) is 9.89. The Balaban J connectivity index is 0.857. The van der Waals surface area contributed by atoms with Crippen LogP contribution in [0, 0.1) is 13.8 Å². The van der Waals surface area contributed by atoms with Gasteiger partial charge in [0.1, 0.15) is 5.82 Å². The largest absolute Gasteiger partial charge is 0.299 e. The number of aryl methyl sites for hydroxylation is 6. The second-order valence-electron chi connectivity index (χ2n) is 18.5. The molecule has 71 heavy (non-hydrogen) atoms. The molecule has 0 N–H and O–H groups in total. The minimum Gasteiger partial charge on any atom is -0.299 e. The summed E-state index contributed by atoms with van der Waals surface area (Å²) in [5.41, 5.74) is 23.6. The molecule has 0 amide bonds. The van der Waals surface area contributed by atoms with Crippen LogP contribution in [0.5, 0.6) is 0 Å². The number of imidazole rings is 1. The highest BCUT2D eigenvalue weighted by Crippen LogP contribution is 2.36. The van der Waals surface area contributed by atoms with Crippen LogP contribution in [0.15, 0.2) is 243 Å². The van der Waals surface area contributed by atoms with Crippen molar-refractivity contribution in [3.05, 3.63) is 277 Å². The predicted molar refractivity (Wildman–Crippen MR) is 294 cm³/mol. The lowest BCUT2D eigenvalue weighted by molar-refractivity contribution is 0.927. The second kappa shape index (κ2) is 20.5. The molecule has 4 heteroatoms. The van der Waals surface area contributed by atoms with Gasteiger partial charge in [-0.25, -0.2) is 4.98 Å². The molecule has 0 aliphatic rings. The molecule has 0 aliphatic carbocycles. The maximum atomic E-state index is 5.07. The molecular weight excluding hydrogens is 861 g/mol. The maximum absolute atomic E-state index is 5.07. The van der Waals surface area contributed by atoms with Crippen molar-refractivity contribution in [2.75, 3.05) is 0 Å². The van der Waals surface area contributed by atoms with E-state index in [4.69, 9.17) is 15.0 Å². The number of benzene rings is 8. The van der Waals surface area contributed by atoms with Gasteiger partial charge in [0.15, 0.2) is 0 Å². The first kappa shape index (κ1) is 44.8. The van der Waals surface area contributed by atoms with E-state index in [9.17, 15) is 0 Å². The van der Waals surface area contributed by atoms with Crippen LogP contribution in [-0.2, 0) is 25.7 Å². The Morgan fingerprint density at radius 1 is 0.324 bits per heavy atom. The van der Waals surface area contributed by atoms with E-state index in [1.165, 1.54) is 72.4 Å². The van der Waals surface area contributed by atoms with Crippen LogP contribution in [0.2, 0.25) is 0 Å². The third kappa shape index (κ3) is 10.1. The molecule has 3 heterocycles. The summed E-state index contributed by atoms with van der Waals surface area (Å²) in [7, 11) is 0. The lowest BCUT2D eigenvalue weighted by Gasteiger charge is -2.15. The van der Waals surface area contributed by atoms with Crippen molar-refractivity contribution in [3.63, 3.8) is 0 Å². The molecule has 0 radical (unpaired) electrons. The average Bonchev–Trinajstić information content (AvgIpc) is 3.92. The molecule has 0 aliphatic heterocycles. The summed E-state index contributed by atoms with van der Waals surface area (Å²) in [6.07, 6.45) is 11.7. The van der Waals surface area contributed by atoms with Gasteiger partial charge in [0, 0.05) is 47.0 Å². The molecule has 0 atom stereocenters. The Morgan fingerprint density at radius 3 is 1.48 bits per heavy atom. The monoisotopic (exact) mass is 914 g/mol. The topological polar surface area (TPSA) is 43.6 Å². The van der Waals surface area contributed by atoms with E-state index in [1.807, 2.05) is 24.7 Å². The van der Waals surface area contributed by atoms with Crippen molar-refractivity contribution in [1.82, 2.24) is 19.5 Å². The van der Waals surface area contributed by atoms with Crippen molar-refractivity contribution >= 4 is 0 Å². The third-order valence-corrected chi connectivity index (χ3v) is 13.7. The van der Waals surface area contributed by atoms with Crippen LogP contribution < -0.4 is 0 Å². The molecule has 0 saturated heterocycles. The lowest BCUT2D eigenvalue weighted by Crippen LogP contribution is -2.01. The summed E-state index contributed by atoms with van der Waals surface area (Å²) in [5.74, 6) is 0.954. The van der Waals surface area contributed by atoms with Gasteiger partial charge in [-0.15, -0.1) is 0 Å². The number of hydrogen-bond acceptors (Lipinski definition) is 3. The van der Waals surface area contributed by atoms with Gasteiger partial charge in [-0.05, 0) is 130 Å². The molecule has 0 spiro atoms. The number of pyridine rings is 2. The quantitative estimate of drug-likeness (QED) is 0.109. The highest BCUT2D eigenvalue weighted by atomic mass is 15.1. The van der Waals surface area contributed by atoms with Crippen LogP contribution in [0.3, 0.4) is 0 Å². The minimum absolute atomic E-state index is 0.900. The number of aromatic nitrogens is 4. The van der Waals surface area contributed by atoms with E-state index in [-0.39, 0.29) is 0 Å². The average molecular weight is 915 g/mol. The van der Waals surface area contributed by atoms with E-state index in [0.29, 0.717) is 0 Å². The summed E-state index contributed by atoms with van der Waals surface area (Å²) >= 11 is 0. The Kier molecular flexibility index (Phi) is 12.9. The van der Waals surface area contributed by atoms with E-state index < -0.39 is 0 Å². The number of nitrogens with zero attached hydrogens (tertiary/aromatic N) is 4. The van der Waals surface area contributed by atoms with Crippen molar-refractivity contribution in [2.24, 2.45) is 0 Å². The third-order valence-electron chi connectivity index (χ3n) is 13.7. The normalized spacial score (nSPS) is 11.2. The van der Waals surface area contributed by atoms with Crippen LogP contribution >= 0.6 is 0 Å². The Bertz CT molecular complexity index is 3540. The first-order valence-corrected chi connectivity index (χ1v) is 24.6. The summed E-state index contributed by atoms with van der Waals surface area (Å²) < 4.78 is 2.22. The number of hydrogen-bond donors (Lipinski definition) is 0. The fraction of sp³-hybridized carbons (Fsp3) is 0.0896. The van der Waals surface area contributed by atoms with Crippen LogP contribution in [0.25, 0.3) is 84.1 Å². The molecule has 11 aromatic rings. The minimum atomic E-state index is 0.900. The Morgan fingerprint density at radius 2 is 0.817 bits per heavy atom. The summed E-state index contributed by atoms with van der Waals surface area (Å²) in [6, 6.07) is 78.5. The number of para-hydroxylation sites is 1. The molecule has 4 nitrogen and oxygen atoms in total. The Labute approximate surface area is 417 Å². The zero-order valence-electron chi connectivity index (χ0n) is 40.2. The van der Waals surface area contributed by atoms with E-state index in [0.717, 1.165) is 70.7 Å². The maximum Gasteiger partial charge on any atom is 0.144 e. The van der Waals surface area contributed by atoms with Gasteiger partial charge in [-0.1, -0.05) is 200 Å². The highest BCUT2D eigenvalue weighted by Gasteiger charge is 2.15. The van der Waals surface area contributed by atoms with Crippen LogP contribution in [0.1, 0.15) is 33.4 Å². The lowest BCUT2D eigenvalue weighted by atomic mass is 9.90. The van der Waals surface area contributed by atoms with Crippen molar-refractivity contribution in [3.8, 4) is 84.1 Å². The fourth-order valence-electron chi connectivity index (χ4n) is 9.89. The molecule has 342 valence electrons. The van der Waals surface area contributed by atoms with E-state index in [2.05, 4.69) is 237 Å². The molecule has 3 aromatic heterocycles. The number of rotatable bonds is 14. The zero-order valence-corrected chi connectivity index (χ0v) is 40.2. The first-order valence-electron chi connectivity index (χ1n) is 24.6. The molecule has 0 saturated carbocycles. The smallest absolute Gasteiger partial charge is 0.144 e. The van der Waals surface area contributed by atoms with Gasteiger partial charge in [0.25, 0.3) is 0 Å². The van der Waals surface area contributed by atoms with Crippen LogP contribution in [-0.4, -0.2) is 19.5 Å². The van der Waals surface area contributed by atoms with Crippen molar-refractivity contribution in [2.45, 2.75) is 39.5 Å². The standard InChI is InChI=1S/C67H54N4/c1-47-13-11-14-48(2)66(47)71-40-39-68-67(71)57-30-27-49(28-31-57)23-25-51-41-52(26-24-50-29-37-64(69-45-50)56-17-7-4-8-18-56)43-61(42-51)63-22-10-9-21-62(63)60-36-38-65(70-46-60)59-20-12-19-58(44-59)55-34-32-54(33-35-55)53-15-5-3-6-16-53/h3-22,27-46H,23-26H2,1-2H3. The summed E-state index contributed by atoms with van der Waals surface area (Å²) in [5, 5.41) is 0. The molecular formula is C67H54N4. The molecule has 0 unspecified atom stereocenters. The molecule has 0 bridgehead atoms. The van der Waals surface area contributed by atoms with Gasteiger partial charge in [-0.3, -0.25) is 14.5 Å². The van der Waals surface area contributed by atoms with E-state index in [1.54, 1.807) is 0 Å². The Hall–Kier alpha value is -8.73. The zero-order chi connectivity index (χ0) is 47.9. The second-order valence-corrected chi connectivity index (χ2v) is 18.5. The van der Waals surface area contributed by atoms with Crippen molar-refractivity contribution in [1.29, 1.82) is 0 Å². The predicted octanol–water partition coefficient (Wildman–Crippen LogP) is 16.5. The van der Waals surface area contributed by atoms with Gasteiger partial charge in [-0.2, -0.15) is 0 Å². The van der Waals surface area contributed by atoms with Gasteiger partial charge >= 0.3 is 0 Å². The van der Waals surface area contributed by atoms with Gasteiger partial charge in [0.2, 0.25) is 0 Å². The molecule has 0 fully saturated rings. The first-order chi connectivity index (χ1) is 35.0. The van der Waals surface area contributed by atoms with Gasteiger partial charge in [0.05, 0.1) is 17.1 Å². The molecule has 11 rings (SSSR count).